The number of nitrogens with zero attached hydrogens (tertiary/aromatic N) is 2. The SMILES string of the molecule is Cc1cc(C)nc(NC(=O)c2ncccc2C#CCN)c1. The number of aromatic nitrogens is 2. The second-order valence-electron chi connectivity index (χ2n) is 4.53. The lowest BCUT2D eigenvalue weighted by Crippen LogP contribution is -2.16. The van der Waals surface area contributed by atoms with E-state index in [9.17, 15) is 4.79 Å². The van der Waals surface area contributed by atoms with Gasteiger partial charge in [0.15, 0.2) is 0 Å². The highest BCUT2D eigenvalue weighted by Crippen LogP contribution is 2.11. The van der Waals surface area contributed by atoms with Gasteiger partial charge in [0.25, 0.3) is 5.91 Å². The summed E-state index contributed by atoms with van der Waals surface area (Å²) in [6.45, 7) is 4.05. The summed E-state index contributed by atoms with van der Waals surface area (Å²) in [7, 11) is 0. The minimum Gasteiger partial charge on any atom is -0.320 e. The topological polar surface area (TPSA) is 80.9 Å². The quantitative estimate of drug-likeness (QED) is 0.820. The maximum Gasteiger partial charge on any atom is 0.276 e. The Labute approximate surface area is 123 Å². The van der Waals surface area contributed by atoms with E-state index in [0.717, 1.165) is 11.3 Å². The fourth-order valence-corrected chi connectivity index (χ4v) is 1.91. The second kappa shape index (κ2) is 6.64. The minimum absolute atomic E-state index is 0.231. The predicted molar refractivity (Wildman–Crippen MR) is 81.8 cm³/mol. The average molecular weight is 280 g/mol. The summed E-state index contributed by atoms with van der Waals surface area (Å²) in [4.78, 5) is 20.7. The zero-order chi connectivity index (χ0) is 15.2. The number of aryl methyl sites for hydroxylation is 2. The highest BCUT2D eigenvalue weighted by molar-refractivity contribution is 6.04. The van der Waals surface area contributed by atoms with E-state index in [0.29, 0.717) is 11.4 Å². The van der Waals surface area contributed by atoms with Gasteiger partial charge in [-0.2, -0.15) is 0 Å². The summed E-state index contributed by atoms with van der Waals surface area (Å²) >= 11 is 0. The molecule has 5 nitrogen and oxygen atoms in total. The Morgan fingerprint density at radius 1 is 1.38 bits per heavy atom. The Morgan fingerprint density at radius 3 is 2.90 bits per heavy atom. The first-order valence-electron chi connectivity index (χ1n) is 6.50. The van der Waals surface area contributed by atoms with Crippen LogP contribution in [0.25, 0.3) is 0 Å². The summed E-state index contributed by atoms with van der Waals surface area (Å²) in [5.74, 6) is 5.73. The molecule has 2 heterocycles. The highest BCUT2D eigenvalue weighted by Gasteiger charge is 2.12. The van der Waals surface area contributed by atoms with Gasteiger partial charge in [0.2, 0.25) is 0 Å². The lowest BCUT2D eigenvalue weighted by Gasteiger charge is -2.07. The first kappa shape index (κ1) is 14.7. The Bertz CT molecular complexity index is 708. The second-order valence-corrected chi connectivity index (χ2v) is 4.53. The molecule has 0 unspecified atom stereocenters. The van der Waals surface area contributed by atoms with Crippen molar-refractivity contribution in [3.63, 3.8) is 0 Å². The molecular weight excluding hydrogens is 264 g/mol. The monoisotopic (exact) mass is 280 g/mol. The molecule has 0 saturated heterocycles. The third-order valence-corrected chi connectivity index (χ3v) is 2.69. The number of carbonyl (C=O) groups is 1. The van der Waals surface area contributed by atoms with Crippen LogP contribution in [-0.4, -0.2) is 22.4 Å². The van der Waals surface area contributed by atoms with E-state index in [-0.39, 0.29) is 18.1 Å². The molecule has 2 rings (SSSR count). The average Bonchev–Trinajstić information content (AvgIpc) is 2.44. The minimum atomic E-state index is -0.338. The normalized spacial score (nSPS) is 9.67. The third-order valence-electron chi connectivity index (χ3n) is 2.69. The van der Waals surface area contributed by atoms with Crippen molar-refractivity contribution in [1.29, 1.82) is 0 Å². The van der Waals surface area contributed by atoms with E-state index in [1.165, 1.54) is 0 Å². The van der Waals surface area contributed by atoms with Crippen LogP contribution in [0.1, 0.15) is 27.3 Å². The molecule has 2 aromatic rings. The van der Waals surface area contributed by atoms with E-state index in [1.807, 2.05) is 19.9 Å². The number of pyridine rings is 2. The van der Waals surface area contributed by atoms with Gasteiger partial charge in [-0.15, -0.1) is 0 Å². The smallest absolute Gasteiger partial charge is 0.276 e. The van der Waals surface area contributed by atoms with Crippen molar-refractivity contribution in [2.24, 2.45) is 5.73 Å². The molecule has 2 aromatic heterocycles. The Hall–Kier alpha value is -2.71. The van der Waals surface area contributed by atoms with E-state index < -0.39 is 0 Å². The zero-order valence-electron chi connectivity index (χ0n) is 12.0. The third kappa shape index (κ3) is 3.88. The Morgan fingerprint density at radius 2 is 2.19 bits per heavy atom. The van der Waals surface area contributed by atoms with Crippen LogP contribution in [0.15, 0.2) is 30.5 Å². The first-order chi connectivity index (χ1) is 10.1. The summed E-state index contributed by atoms with van der Waals surface area (Å²) in [6, 6.07) is 7.21. The molecular formula is C16H16N4O. The molecule has 0 fully saturated rings. The molecule has 5 heteroatoms. The van der Waals surface area contributed by atoms with Gasteiger partial charge < -0.3 is 11.1 Å². The maximum atomic E-state index is 12.3. The molecule has 0 radical (unpaired) electrons. The number of anilines is 1. The molecule has 0 bridgehead atoms. The van der Waals surface area contributed by atoms with E-state index in [2.05, 4.69) is 27.1 Å². The Kier molecular flexibility index (Phi) is 4.64. The number of hydrogen-bond donors (Lipinski definition) is 2. The van der Waals surface area contributed by atoms with Gasteiger partial charge >= 0.3 is 0 Å². The number of hydrogen-bond acceptors (Lipinski definition) is 4. The van der Waals surface area contributed by atoms with Gasteiger partial charge in [-0.3, -0.25) is 4.79 Å². The fourth-order valence-electron chi connectivity index (χ4n) is 1.91. The number of carbonyl (C=O) groups excluding carboxylic acids is 1. The van der Waals surface area contributed by atoms with Crippen LogP contribution in [0.3, 0.4) is 0 Å². The van der Waals surface area contributed by atoms with Crippen LogP contribution in [0, 0.1) is 25.7 Å². The fraction of sp³-hybridized carbons (Fsp3) is 0.188. The van der Waals surface area contributed by atoms with Gasteiger partial charge in [0.1, 0.15) is 11.5 Å². The van der Waals surface area contributed by atoms with E-state index in [1.54, 1.807) is 24.4 Å². The van der Waals surface area contributed by atoms with Crippen molar-refractivity contribution in [2.45, 2.75) is 13.8 Å². The Balaban J connectivity index is 2.28. The van der Waals surface area contributed by atoms with Gasteiger partial charge in [-0.05, 0) is 43.7 Å². The lowest BCUT2D eigenvalue weighted by molar-refractivity contribution is 0.102. The van der Waals surface area contributed by atoms with Gasteiger partial charge in [0, 0.05) is 11.9 Å². The van der Waals surface area contributed by atoms with Crippen molar-refractivity contribution in [2.75, 3.05) is 11.9 Å². The van der Waals surface area contributed by atoms with E-state index >= 15 is 0 Å². The lowest BCUT2D eigenvalue weighted by atomic mass is 10.2. The summed E-state index contributed by atoms with van der Waals surface area (Å²) in [6.07, 6.45) is 1.55. The van der Waals surface area contributed by atoms with Crippen molar-refractivity contribution in [3.8, 4) is 11.8 Å². The van der Waals surface area contributed by atoms with Crippen LogP contribution < -0.4 is 11.1 Å². The zero-order valence-corrected chi connectivity index (χ0v) is 12.0. The largest absolute Gasteiger partial charge is 0.320 e. The highest BCUT2D eigenvalue weighted by atomic mass is 16.1. The predicted octanol–water partition coefficient (Wildman–Crippen LogP) is 1.66. The van der Waals surface area contributed by atoms with Crippen LogP contribution in [0.4, 0.5) is 5.82 Å². The molecule has 3 N–H and O–H groups in total. The van der Waals surface area contributed by atoms with Crippen molar-refractivity contribution >= 4 is 11.7 Å². The van der Waals surface area contributed by atoms with Crippen LogP contribution >= 0.6 is 0 Å². The molecule has 0 spiro atoms. The van der Waals surface area contributed by atoms with Crippen molar-refractivity contribution < 1.29 is 4.79 Å². The summed E-state index contributed by atoms with van der Waals surface area (Å²) in [5.41, 5.74) is 8.04. The molecule has 0 aromatic carbocycles. The molecule has 0 saturated carbocycles. The molecule has 0 atom stereocenters. The molecule has 21 heavy (non-hydrogen) atoms. The summed E-state index contributed by atoms with van der Waals surface area (Å²) < 4.78 is 0. The van der Waals surface area contributed by atoms with Crippen LogP contribution in [-0.2, 0) is 0 Å². The molecule has 1 amide bonds. The molecule has 0 aliphatic carbocycles. The number of nitrogens with one attached hydrogen (secondary N) is 1. The first-order valence-corrected chi connectivity index (χ1v) is 6.50. The van der Waals surface area contributed by atoms with Crippen molar-refractivity contribution in [1.82, 2.24) is 9.97 Å². The van der Waals surface area contributed by atoms with Crippen LogP contribution in [0.2, 0.25) is 0 Å². The molecule has 106 valence electrons. The molecule has 0 aliphatic rings. The van der Waals surface area contributed by atoms with Crippen molar-refractivity contribution in [3.05, 3.63) is 53.0 Å². The number of nitrogens with two attached hydrogens (primary N) is 1. The van der Waals surface area contributed by atoms with Gasteiger partial charge in [-0.25, -0.2) is 9.97 Å². The number of amides is 1. The standard InChI is InChI=1S/C16H16N4O/c1-11-9-12(2)19-14(10-11)20-16(21)15-13(5-3-7-17)6-4-8-18-15/h4,6,8-10H,7,17H2,1-2H3,(H,19,20,21). The van der Waals surface area contributed by atoms with Gasteiger partial charge in [0.05, 0.1) is 12.1 Å². The maximum absolute atomic E-state index is 12.3. The van der Waals surface area contributed by atoms with E-state index in [4.69, 9.17) is 5.73 Å². The van der Waals surface area contributed by atoms with Crippen LogP contribution in [0.5, 0.6) is 0 Å². The molecule has 0 aliphatic heterocycles. The number of rotatable bonds is 2. The van der Waals surface area contributed by atoms with Gasteiger partial charge in [-0.1, -0.05) is 11.8 Å². The summed E-state index contributed by atoms with van der Waals surface area (Å²) in [5, 5.41) is 2.75.